The second-order valence-electron chi connectivity index (χ2n) is 5.58. The van der Waals surface area contributed by atoms with Gasteiger partial charge in [-0.1, -0.05) is 36.4 Å². The number of fused-ring (bicyclic) bond motifs is 1. The van der Waals surface area contributed by atoms with Crippen LogP contribution in [0.3, 0.4) is 0 Å². The highest BCUT2D eigenvalue weighted by Crippen LogP contribution is 2.26. The zero-order valence-electron chi connectivity index (χ0n) is 13.1. The first-order valence-corrected chi connectivity index (χ1v) is 7.68. The molecule has 0 radical (unpaired) electrons. The lowest BCUT2D eigenvalue weighted by Gasteiger charge is -2.15. The van der Waals surface area contributed by atoms with Gasteiger partial charge < -0.3 is 15.6 Å². The molecule has 0 aliphatic rings. The van der Waals surface area contributed by atoms with Gasteiger partial charge in [-0.15, -0.1) is 0 Å². The summed E-state index contributed by atoms with van der Waals surface area (Å²) >= 11 is 0. The Morgan fingerprint density at radius 1 is 1.12 bits per heavy atom. The summed E-state index contributed by atoms with van der Waals surface area (Å²) in [6, 6.07) is 16.7. The lowest BCUT2D eigenvalue weighted by Crippen LogP contribution is -2.30. The summed E-state index contributed by atoms with van der Waals surface area (Å²) in [6.07, 6.45) is 2.23. The van der Waals surface area contributed by atoms with Crippen LogP contribution in [-0.2, 0) is 6.42 Å². The van der Waals surface area contributed by atoms with Crippen LogP contribution in [0.1, 0.15) is 15.9 Å². The van der Waals surface area contributed by atoms with E-state index in [2.05, 4.69) is 4.98 Å². The zero-order chi connectivity index (χ0) is 16.9. The first-order chi connectivity index (χ1) is 11.6. The molecule has 0 aliphatic heterocycles. The van der Waals surface area contributed by atoms with Crippen molar-refractivity contribution >= 4 is 16.9 Å². The number of carbonyl (C=O) groups is 1. The predicted octanol–water partition coefficient (Wildman–Crippen LogP) is 2.88. The number of ether oxygens (including phenoxy) is 1. The van der Waals surface area contributed by atoms with Crippen LogP contribution in [-0.4, -0.2) is 28.7 Å². The SMILES string of the molecule is NC(COc1ccc2cccnc2c1C(=O)O)Cc1ccccc1. The molecule has 3 rings (SSSR count). The van der Waals surface area contributed by atoms with E-state index in [9.17, 15) is 9.90 Å². The van der Waals surface area contributed by atoms with Crippen molar-refractivity contribution in [1.82, 2.24) is 4.98 Å². The highest BCUT2D eigenvalue weighted by molar-refractivity contribution is 6.04. The maximum Gasteiger partial charge on any atom is 0.341 e. The Balaban J connectivity index is 1.77. The van der Waals surface area contributed by atoms with E-state index in [1.54, 1.807) is 24.4 Å². The molecule has 1 unspecified atom stereocenters. The van der Waals surface area contributed by atoms with Crippen molar-refractivity contribution in [1.29, 1.82) is 0 Å². The Bertz CT molecular complexity index is 850. The normalized spacial score (nSPS) is 12.0. The van der Waals surface area contributed by atoms with Gasteiger partial charge in [0, 0.05) is 17.6 Å². The molecule has 122 valence electrons. The molecule has 5 heteroatoms. The molecule has 3 N–H and O–H groups in total. The number of hydrogen-bond acceptors (Lipinski definition) is 4. The summed E-state index contributed by atoms with van der Waals surface area (Å²) in [6.45, 7) is 0.230. The summed E-state index contributed by atoms with van der Waals surface area (Å²) in [5, 5.41) is 10.3. The molecule has 24 heavy (non-hydrogen) atoms. The van der Waals surface area contributed by atoms with E-state index in [4.69, 9.17) is 10.5 Å². The minimum atomic E-state index is -1.06. The fourth-order valence-corrected chi connectivity index (χ4v) is 2.63. The van der Waals surface area contributed by atoms with Crippen molar-refractivity contribution in [3.63, 3.8) is 0 Å². The van der Waals surface area contributed by atoms with Crippen molar-refractivity contribution in [3.05, 3.63) is 71.9 Å². The number of nitrogens with two attached hydrogens (primary N) is 1. The van der Waals surface area contributed by atoms with Gasteiger partial charge in [-0.2, -0.15) is 0 Å². The molecular formula is C19H18N2O3. The van der Waals surface area contributed by atoms with E-state index in [1.807, 2.05) is 36.4 Å². The molecule has 1 aromatic heterocycles. The number of aromatic carboxylic acids is 1. The zero-order valence-corrected chi connectivity index (χ0v) is 13.1. The molecule has 0 saturated carbocycles. The lowest BCUT2D eigenvalue weighted by molar-refractivity contribution is 0.0694. The minimum Gasteiger partial charge on any atom is -0.491 e. The van der Waals surface area contributed by atoms with Gasteiger partial charge in [0.15, 0.2) is 0 Å². The van der Waals surface area contributed by atoms with Gasteiger partial charge in [0.2, 0.25) is 0 Å². The van der Waals surface area contributed by atoms with Crippen molar-refractivity contribution in [2.45, 2.75) is 12.5 Å². The summed E-state index contributed by atoms with van der Waals surface area (Å²) in [5.74, 6) is -0.775. The molecular weight excluding hydrogens is 304 g/mol. The van der Waals surface area contributed by atoms with Gasteiger partial charge in [0.25, 0.3) is 0 Å². The van der Waals surface area contributed by atoms with Crippen LogP contribution in [0, 0.1) is 0 Å². The van der Waals surface area contributed by atoms with E-state index < -0.39 is 5.97 Å². The fraction of sp³-hybridized carbons (Fsp3) is 0.158. The Hall–Kier alpha value is -2.92. The van der Waals surface area contributed by atoms with E-state index in [1.165, 1.54) is 0 Å². The quantitative estimate of drug-likeness (QED) is 0.729. The number of carboxylic acid groups (broad SMARTS) is 1. The average molecular weight is 322 g/mol. The van der Waals surface area contributed by atoms with Gasteiger partial charge >= 0.3 is 5.97 Å². The number of hydrogen-bond donors (Lipinski definition) is 2. The first kappa shape index (κ1) is 16.0. The number of benzene rings is 2. The topological polar surface area (TPSA) is 85.4 Å². The average Bonchev–Trinajstić information content (AvgIpc) is 2.60. The second kappa shape index (κ2) is 7.10. The molecule has 5 nitrogen and oxygen atoms in total. The van der Waals surface area contributed by atoms with Crippen LogP contribution in [0.5, 0.6) is 5.75 Å². The van der Waals surface area contributed by atoms with E-state index in [-0.39, 0.29) is 24.0 Å². The first-order valence-electron chi connectivity index (χ1n) is 7.68. The molecule has 1 atom stereocenters. The molecule has 0 bridgehead atoms. The van der Waals surface area contributed by atoms with E-state index in [0.29, 0.717) is 11.9 Å². The highest BCUT2D eigenvalue weighted by Gasteiger charge is 2.17. The second-order valence-corrected chi connectivity index (χ2v) is 5.58. The van der Waals surface area contributed by atoms with Gasteiger partial charge in [-0.25, -0.2) is 4.79 Å². The van der Waals surface area contributed by atoms with Crippen molar-refractivity contribution in [3.8, 4) is 5.75 Å². The molecule has 0 fully saturated rings. The van der Waals surface area contributed by atoms with Gasteiger partial charge in [-0.3, -0.25) is 4.98 Å². The molecule has 2 aromatic carbocycles. The van der Waals surface area contributed by atoms with Crippen molar-refractivity contribution < 1.29 is 14.6 Å². The van der Waals surface area contributed by atoms with Crippen LogP contribution >= 0.6 is 0 Å². The van der Waals surface area contributed by atoms with Gasteiger partial charge in [0.1, 0.15) is 17.9 Å². The third kappa shape index (κ3) is 3.52. The van der Waals surface area contributed by atoms with Crippen LogP contribution in [0.25, 0.3) is 10.9 Å². The summed E-state index contributed by atoms with van der Waals surface area (Å²) in [4.78, 5) is 15.8. The number of carboxylic acids is 1. The lowest BCUT2D eigenvalue weighted by atomic mass is 10.1. The van der Waals surface area contributed by atoms with Crippen LogP contribution < -0.4 is 10.5 Å². The molecule has 0 saturated heterocycles. The molecule has 0 amide bonds. The van der Waals surface area contributed by atoms with Gasteiger partial charge in [-0.05, 0) is 30.2 Å². The number of pyridine rings is 1. The predicted molar refractivity (Wildman–Crippen MR) is 92.3 cm³/mol. The molecule has 3 aromatic rings. The summed E-state index contributed by atoms with van der Waals surface area (Å²) in [5.41, 5.74) is 7.71. The maximum atomic E-state index is 11.6. The Morgan fingerprint density at radius 2 is 1.92 bits per heavy atom. The van der Waals surface area contributed by atoms with Crippen LogP contribution in [0.4, 0.5) is 0 Å². The number of nitrogens with zero attached hydrogens (tertiary/aromatic N) is 1. The Labute approximate surface area is 139 Å². The Morgan fingerprint density at radius 3 is 2.67 bits per heavy atom. The monoisotopic (exact) mass is 322 g/mol. The summed E-state index contributed by atoms with van der Waals surface area (Å²) < 4.78 is 5.69. The third-order valence-electron chi connectivity index (χ3n) is 3.74. The molecule has 0 aliphatic carbocycles. The molecule has 0 spiro atoms. The van der Waals surface area contributed by atoms with Crippen molar-refractivity contribution in [2.75, 3.05) is 6.61 Å². The van der Waals surface area contributed by atoms with Crippen LogP contribution in [0.2, 0.25) is 0 Å². The summed E-state index contributed by atoms with van der Waals surface area (Å²) in [7, 11) is 0. The van der Waals surface area contributed by atoms with Gasteiger partial charge in [0.05, 0.1) is 5.52 Å². The van der Waals surface area contributed by atoms with Crippen molar-refractivity contribution in [2.24, 2.45) is 5.73 Å². The van der Waals surface area contributed by atoms with E-state index in [0.717, 1.165) is 10.9 Å². The van der Waals surface area contributed by atoms with E-state index >= 15 is 0 Å². The third-order valence-corrected chi connectivity index (χ3v) is 3.74. The fourth-order valence-electron chi connectivity index (χ4n) is 2.63. The van der Waals surface area contributed by atoms with Crippen LogP contribution in [0.15, 0.2) is 60.8 Å². The number of rotatable bonds is 6. The standard InChI is InChI=1S/C19H18N2O3/c20-15(11-13-5-2-1-3-6-13)12-24-16-9-8-14-7-4-10-21-18(14)17(16)19(22)23/h1-10,15H,11-12,20H2,(H,22,23). The smallest absolute Gasteiger partial charge is 0.341 e. The Kier molecular flexibility index (Phi) is 4.72. The number of aromatic nitrogens is 1. The highest BCUT2D eigenvalue weighted by atomic mass is 16.5. The largest absolute Gasteiger partial charge is 0.491 e. The maximum absolute atomic E-state index is 11.6. The molecule has 1 heterocycles. The minimum absolute atomic E-state index is 0.0695.